The van der Waals surface area contributed by atoms with Crippen LogP contribution in [0.5, 0.6) is 28.7 Å². The number of amides is 1. The van der Waals surface area contributed by atoms with Crippen LogP contribution in [0.1, 0.15) is 6.92 Å². The van der Waals surface area contributed by atoms with Crippen LogP contribution in [0.4, 0.5) is 28.4 Å². The number of azo groups is 2. The standard InChI is InChI=1S/C27H25N5O9S/c1-14(33)28-16-5-7-18-15(9-16)10-25(42(36,37)38)26(27(18)35)32-31-21-13-23(40-3)20(12-24(21)41-4)30-29-19-8-6-17(34)11-22(19)39-2/h5-13,34-35H,1-4H3,(H,28,33)(H,36,37,38). The van der Waals surface area contributed by atoms with Crippen LogP contribution in [0.25, 0.3) is 10.8 Å². The molecule has 42 heavy (non-hydrogen) atoms. The molecule has 4 aromatic rings. The number of anilines is 1. The van der Waals surface area contributed by atoms with Gasteiger partial charge in [0, 0.05) is 36.2 Å². The van der Waals surface area contributed by atoms with Gasteiger partial charge >= 0.3 is 0 Å². The highest BCUT2D eigenvalue weighted by Gasteiger charge is 2.23. The van der Waals surface area contributed by atoms with Crippen molar-refractivity contribution >= 4 is 55.2 Å². The van der Waals surface area contributed by atoms with Crippen molar-refractivity contribution in [3.8, 4) is 28.7 Å². The number of phenolic OH excluding ortho intramolecular Hbond substituents is 2. The fraction of sp³-hybridized carbons (Fsp3) is 0.148. The Balaban J connectivity index is 1.79. The van der Waals surface area contributed by atoms with Gasteiger partial charge in [-0.2, -0.15) is 8.42 Å². The predicted molar refractivity (Wildman–Crippen MR) is 152 cm³/mol. The normalized spacial score (nSPS) is 11.7. The molecule has 0 saturated heterocycles. The number of nitrogens with one attached hydrogen (secondary N) is 1. The van der Waals surface area contributed by atoms with Gasteiger partial charge in [-0.3, -0.25) is 9.35 Å². The highest BCUT2D eigenvalue weighted by atomic mass is 32.2. The van der Waals surface area contributed by atoms with Gasteiger partial charge in [0.05, 0.1) is 21.3 Å². The molecule has 0 fully saturated rings. The molecular weight excluding hydrogens is 570 g/mol. The number of fused-ring (bicyclic) bond motifs is 1. The molecular formula is C27H25N5O9S. The van der Waals surface area contributed by atoms with Gasteiger partial charge in [-0.1, -0.05) is 0 Å². The number of hydrogen-bond donors (Lipinski definition) is 4. The molecule has 1 amide bonds. The summed E-state index contributed by atoms with van der Waals surface area (Å²) in [7, 11) is -0.723. The van der Waals surface area contributed by atoms with E-state index in [-0.39, 0.29) is 51.1 Å². The van der Waals surface area contributed by atoms with E-state index in [1.807, 2.05) is 0 Å². The Morgan fingerprint density at radius 1 is 0.762 bits per heavy atom. The van der Waals surface area contributed by atoms with E-state index in [1.165, 1.54) is 76.8 Å². The quantitative estimate of drug-likeness (QED) is 0.126. The summed E-state index contributed by atoms with van der Waals surface area (Å²) in [6, 6.07) is 12.6. The van der Waals surface area contributed by atoms with Crippen LogP contribution in [-0.2, 0) is 14.9 Å². The van der Waals surface area contributed by atoms with Crippen LogP contribution in [0.15, 0.2) is 79.9 Å². The summed E-state index contributed by atoms with van der Waals surface area (Å²) in [6.45, 7) is 1.31. The minimum absolute atomic E-state index is 0.0101. The van der Waals surface area contributed by atoms with Crippen LogP contribution < -0.4 is 19.5 Å². The van der Waals surface area contributed by atoms with Crippen LogP contribution in [0, 0.1) is 0 Å². The summed E-state index contributed by atoms with van der Waals surface area (Å²) >= 11 is 0. The van der Waals surface area contributed by atoms with Crippen LogP contribution in [0.2, 0.25) is 0 Å². The minimum atomic E-state index is -4.88. The first-order valence-electron chi connectivity index (χ1n) is 12.0. The number of aromatic hydroxyl groups is 2. The predicted octanol–water partition coefficient (Wildman–Crippen LogP) is 6.31. The summed E-state index contributed by atoms with van der Waals surface area (Å²) in [5, 5.41) is 39.9. The van der Waals surface area contributed by atoms with Crippen molar-refractivity contribution in [3.05, 3.63) is 54.6 Å². The number of carbonyl (C=O) groups is 1. The molecule has 0 aliphatic rings. The van der Waals surface area contributed by atoms with E-state index >= 15 is 0 Å². The summed E-state index contributed by atoms with van der Waals surface area (Å²) in [4.78, 5) is 10.7. The monoisotopic (exact) mass is 595 g/mol. The molecule has 0 heterocycles. The second-order valence-electron chi connectivity index (χ2n) is 8.62. The maximum atomic E-state index is 12.2. The molecule has 0 aromatic heterocycles. The van der Waals surface area contributed by atoms with Crippen LogP contribution in [0.3, 0.4) is 0 Å². The minimum Gasteiger partial charge on any atom is -0.508 e. The zero-order valence-electron chi connectivity index (χ0n) is 22.7. The molecule has 0 aliphatic heterocycles. The Kier molecular flexibility index (Phi) is 8.54. The number of carbonyl (C=O) groups excluding carboxylic acids is 1. The van der Waals surface area contributed by atoms with Crippen molar-refractivity contribution in [2.45, 2.75) is 11.8 Å². The molecule has 0 aliphatic carbocycles. The van der Waals surface area contributed by atoms with Gasteiger partial charge in [-0.15, -0.1) is 20.5 Å². The van der Waals surface area contributed by atoms with Crippen molar-refractivity contribution in [2.75, 3.05) is 26.6 Å². The van der Waals surface area contributed by atoms with Gasteiger partial charge in [0.15, 0.2) is 5.75 Å². The third kappa shape index (κ3) is 6.37. The Morgan fingerprint density at radius 2 is 1.33 bits per heavy atom. The van der Waals surface area contributed by atoms with Crippen molar-refractivity contribution in [3.63, 3.8) is 0 Å². The first-order valence-corrected chi connectivity index (χ1v) is 13.4. The largest absolute Gasteiger partial charge is 0.508 e. The number of nitrogens with zero attached hydrogens (tertiary/aromatic N) is 4. The fourth-order valence-corrected chi connectivity index (χ4v) is 4.57. The lowest BCUT2D eigenvalue weighted by molar-refractivity contribution is -0.114. The maximum Gasteiger partial charge on any atom is 0.296 e. The SMILES string of the molecule is COc1cc(O)ccc1N=Nc1cc(OC)c(N=Nc2c(S(=O)(=O)O)cc3cc(NC(C)=O)ccc3c2O)cc1OC. The zero-order chi connectivity index (χ0) is 30.6. The van der Waals surface area contributed by atoms with Crippen LogP contribution in [-0.4, -0.2) is 50.4 Å². The summed E-state index contributed by atoms with van der Waals surface area (Å²) in [6.07, 6.45) is 0. The van der Waals surface area contributed by atoms with E-state index < -0.39 is 26.5 Å². The van der Waals surface area contributed by atoms with E-state index in [2.05, 4.69) is 25.8 Å². The van der Waals surface area contributed by atoms with Gasteiger partial charge in [-0.25, -0.2) is 0 Å². The first kappa shape index (κ1) is 29.7. The smallest absolute Gasteiger partial charge is 0.296 e. The Bertz CT molecular complexity index is 1860. The van der Waals surface area contributed by atoms with E-state index in [0.717, 1.165) is 6.07 Å². The number of hydrogen-bond acceptors (Lipinski definition) is 12. The molecule has 218 valence electrons. The van der Waals surface area contributed by atoms with Crippen molar-refractivity contribution in [1.82, 2.24) is 0 Å². The highest BCUT2D eigenvalue weighted by Crippen LogP contribution is 2.45. The van der Waals surface area contributed by atoms with Crippen molar-refractivity contribution in [1.29, 1.82) is 0 Å². The maximum absolute atomic E-state index is 12.2. The van der Waals surface area contributed by atoms with Crippen molar-refractivity contribution < 1.29 is 42.2 Å². The Morgan fingerprint density at radius 3 is 1.90 bits per heavy atom. The van der Waals surface area contributed by atoms with E-state index in [1.54, 1.807) is 0 Å². The van der Waals surface area contributed by atoms with E-state index in [4.69, 9.17) is 14.2 Å². The number of benzene rings is 4. The zero-order valence-corrected chi connectivity index (χ0v) is 23.5. The van der Waals surface area contributed by atoms with Gasteiger partial charge < -0.3 is 29.7 Å². The molecule has 0 unspecified atom stereocenters. The number of rotatable bonds is 9. The van der Waals surface area contributed by atoms with Crippen LogP contribution >= 0.6 is 0 Å². The van der Waals surface area contributed by atoms with Gasteiger partial charge in [0.25, 0.3) is 10.1 Å². The molecule has 4 N–H and O–H groups in total. The molecule has 0 spiro atoms. The van der Waals surface area contributed by atoms with Gasteiger partial charge in [0.2, 0.25) is 5.91 Å². The molecule has 4 rings (SSSR count). The topological polar surface area (TPSA) is 201 Å². The Labute approximate surface area is 239 Å². The summed E-state index contributed by atoms with van der Waals surface area (Å²) in [5.74, 6) is -0.321. The summed E-state index contributed by atoms with van der Waals surface area (Å²) < 4.78 is 50.3. The third-order valence-electron chi connectivity index (χ3n) is 5.82. The molecule has 0 bridgehead atoms. The average molecular weight is 596 g/mol. The van der Waals surface area contributed by atoms with Crippen molar-refractivity contribution in [2.24, 2.45) is 20.5 Å². The number of methoxy groups -OCH3 is 3. The lowest BCUT2D eigenvalue weighted by atomic mass is 10.1. The van der Waals surface area contributed by atoms with Gasteiger partial charge in [0.1, 0.15) is 50.6 Å². The first-order chi connectivity index (χ1) is 19.9. The van der Waals surface area contributed by atoms with E-state index in [9.17, 15) is 28.0 Å². The molecule has 0 atom stereocenters. The Hall–Kier alpha value is -5.28. The fourth-order valence-electron chi connectivity index (χ4n) is 3.91. The number of ether oxygens (including phenoxy) is 3. The lowest BCUT2D eigenvalue weighted by Gasteiger charge is -2.11. The second kappa shape index (κ2) is 12.1. The molecule has 0 saturated carbocycles. The molecule has 0 radical (unpaired) electrons. The highest BCUT2D eigenvalue weighted by molar-refractivity contribution is 7.86. The second-order valence-corrected chi connectivity index (χ2v) is 10.0. The van der Waals surface area contributed by atoms with E-state index in [0.29, 0.717) is 11.4 Å². The third-order valence-corrected chi connectivity index (χ3v) is 6.68. The average Bonchev–Trinajstić information content (AvgIpc) is 2.94. The van der Waals surface area contributed by atoms with Gasteiger partial charge in [-0.05, 0) is 41.8 Å². The molecule has 4 aromatic carbocycles. The summed E-state index contributed by atoms with van der Waals surface area (Å²) in [5.41, 5.74) is 0.446. The number of phenols is 2. The lowest BCUT2D eigenvalue weighted by Crippen LogP contribution is -2.05. The molecule has 15 heteroatoms. The molecule has 14 nitrogen and oxygen atoms in total.